The molecule has 0 amide bonds. The largest absolute Gasteiger partial charge is 0.381 e. The van der Waals surface area contributed by atoms with Crippen molar-refractivity contribution >= 4 is 5.69 Å². The lowest BCUT2D eigenvalue weighted by atomic mass is 9.87. The van der Waals surface area contributed by atoms with Crippen molar-refractivity contribution in [2.24, 2.45) is 0 Å². The Morgan fingerprint density at radius 3 is 2.00 bits per heavy atom. The van der Waals surface area contributed by atoms with Crippen molar-refractivity contribution in [1.29, 1.82) is 5.26 Å². The molecule has 2 nitrogen and oxygen atoms in total. The number of hydrogen-bond donors (Lipinski definition) is 1. The molecule has 2 aromatic rings. The summed E-state index contributed by atoms with van der Waals surface area (Å²) in [6.45, 7) is 7.48. The number of anilines is 1. The van der Waals surface area contributed by atoms with Crippen LogP contribution in [-0.4, -0.2) is 0 Å². The molecule has 0 aliphatic heterocycles. The molecule has 1 N–H and O–H groups in total. The van der Waals surface area contributed by atoms with E-state index in [9.17, 15) is 0 Å². The highest BCUT2D eigenvalue weighted by atomic mass is 14.9. The zero-order valence-corrected chi connectivity index (χ0v) is 13.0. The third-order valence-electron chi connectivity index (χ3n) is 3.55. The van der Waals surface area contributed by atoms with Crippen LogP contribution in [0.5, 0.6) is 0 Å². The molecule has 2 rings (SSSR count). The first-order chi connectivity index (χ1) is 9.99. The van der Waals surface area contributed by atoms with E-state index >= 15 is 0 Å². The summed E-state index contributed by atoms with van der Waals surface area (Å²) in [5.41, 5.74) is 4.95. The Morgan fingerprint density at radius 1 is 0.905 bits per heavy atom. The van der Waals surface area contributed by atoms with Crippen LogP contribution in [0.15, 0.2) is 48.5 Å². The van der Waals surface area contributed by atoms with Gasteiger partial charge in [0, 0.05) is 12.2 Å². The van der Waals surface area contributed by atoms with Crippen molar-refractivity contribution in [3.05, 3.63) is 65.2 Å². The zero-order chi connectivity index (χ0) is 15.3. The summed E-state index contributed by atoms with van der Waals surface area (Å²) in [7, 11) is 0. The standard InChI is InChI=1S/C19H22N2/c1-19(2,3)17-8-4-16(5-9-17)14-21-18-10-6-15(7-11-18)12-13-20/h4-11,21H,12,14H2,1-3H3. The second-order valence-electron chi connectivity index (χ2n) is 6.33. The highest BCUT2D eigenvalue weighted by molar-refractivity contribution is 5.45. The molecule has 0 radical (unpaired) electrons. The molecule has 0 spiro atoms. The summed E-state index contributed by atoms with van der Waals surface area (Å²) >= 11 is 0. The Bertz CT molecular complexity index is 611. The maximum Gasteiger partial charge on any atom is 0.0669 e. The van der Waals surface area contributed by atoms with Crippen LogP contribution in [-0.2, 0) is 18.4 Å². The van der Waals surface area contributed by atoms with Crippen molar-refractivity contribution in [1.82, 2.24) is 0 Å². The molecule has 0 fully saturated rings. The van der Waals surface area contributed by atoms with Crippen LogP contribution in [0.4, 0.5) is 5.69 Å². The Hall–Kier alpha value is -2.27. The average molecular weight is 278 g/mol. The SMILES string of the molecule is CC(C)(C)c1ccc(CNc2ccc(CC#N)cc2)cc1. The molecule has 0 saturated carbocycles. The van der Waals surface area contributed by atoms with Gasteiger partial charge in [-0.25, -0.2) is 0 Å². The molecular formula is C19H22N2. The van der Waals surface area contributed by atoms with Crippen LogP contribution in [0.1, 0.15) is 37.5 Å². The van der Waals surface area contributed by atoms with Crippen LogP contribution in [0.25, 0.3) is 0 Å². The maximum absolute atomic E-state index is 8.65. The molecule has 0 aliphatic carbocycles. The summed E-state index contributed by atoms with van der Waals surface area (Å²) in [6.07, 6.45) is 0.467. The van der Waals surface area contributed by atoms with E-state index in [1.165, 1.54) is 11.1 Å². The fourth-order valence-electron chi connectivity index (χ4n) is 2.16. The van der Waals surface area contributed by atoms with Gasteiger partial charge in [0.1, 0.15) is 0 Å². The third-order valence-corrected chi connectivity index (χ3v) is 3.55. The van der Waals surface area contributed by atoms with E-state index in [1.54, 1.807) is 0 Å². The summed E-state index contributed by atoms with van der Waals surface area (Å²) < 4.78 is 0. The van der Waals surface area contributed by atoms with Crippen LogP contribution in [0.2, 0.25) is 0 Å². The minimum Gasteiger partial charge on any atom is -0.381 e. The summed E-state index contributed by atoms with van der Waals surface area (Å²) in [5, 5.41) is 12.1. The zero-order valence-electron chi connectivity index (χ0n) is 13.0. The Kier molecular flexibility index (Phi) is 4.65. The van der Waals surface area contributed by atoms with Gasteiger partial charge in [-0.05, 0) is 34.2 Å². The van der Waals surface area contributed by atoms with E-state index < -0.39 is 0 Å². The van der Waals surface area contributed by atoms with Gasteiger partial charge < -0.3 is 5.32 Å². The number of hydrogen-bond acceptors (Lipinski definition) is 2. The lowest BCUT2D eigenvalue weighted by Crippen LogP contribution is -2.11. The van der Waals surface area contributed by atoms with Crippen LogP contribution < -0.4 is 5.32 Å². The Balaban J connectivity index is 1.95. The highest BCUT2D eigenvalue weighted by Gasteiger charge is 2.12. The summed E-state index contributed by atoms with van der Waals surface area (Å²) in [6, 6.07) is 19.0. The molecule has 0 saturated heterocycles. The summed E-state index contributed by atoms with van der Waals surface area (Å²) in [4.78, 5) is 0. The molecule has 0 aliphatic rings. The van der Waals surface area contributed by atoms with E-state index in [2.05, 4.69) is 56.4 Å². The van der Waals surface area contributed by atoms with E-state index in [0.717, 1.165) is 17.8 Å². The fourth-order valence-corrected chi connectivity index (χ4v) is 2.16. The summed E-state index contributed by atoms with van der Waals surface area (Å²) in [5.74, 6) is 0. The number of nitriles is 1. The predicted octanol–water partition coefficient (Wildman–Crippen LogP) is 4.66. The first-order valence-corrected chi connectivity index (χ1v) is 7.28. The second kappa shape index (κ2) is 6.45. The fraction of sp³-hybridized carbons (Fsp3) is 0.316. The lowest BCUT2D eigenvalue weighted by Gasteiger charge is -2.19. The molecule has 0 bridgehead atoms. The number of benzene rings is 2. The Morgan fingerprint density at radius 2 is 1.48 bits per heavy atom. The Labute approximate surface area is 127 Å². The molecule has 2 aromatic carbocycles. The number of nitrogens with one attached hydrogen (secondary N) is 1. The van der Waals surface area contributed by atoms with Crippen molar-refractivity contribution in [3.8, 4) is 6.07 Å². The van der Waals surface area contributed by atoms with Gasteiger partial charge in [-0.15, -0.1) is 0 Å². The maximum atomic E-state index is 8.65. The minimum atomic E-state index is 0.197. The molecule has 0 aromatic heterocycles. The van der Waals surface area contributed by atoms with Gasteiger partial charge in [-0.3, -0.25) is 0 Å². The molecule has 2 heteroatoms. The monoisotopic (exact) mass is 278 g/mol. The number of rotatable bonds is 4. The first-order valence-electron chi connectivity index (χ1n) is 7.28. The predicted molar refractivity (Wildman–Crippen MR) is 88.2 cm³/mol. The topological polar surface area (TPSA) is 35.8 Å². The van der Waals surface area contributed by atoms with Gasteiger partial charge in [-0.1, -0.05) is 57.2 Å². The molecule has 0 unspecified atom stereocenters. The van der Waals surface area contributed by atoms with Crippen LogP contribution in [0, 0.1) is 11.3 Å². The van der Waals surface area contributed by atoms with Gasteiger partial charge in [-0.2, -0.15) is 5.26 Å². The van der Waals surface area contributed by atoms with Gasteiger partial charge in [0.15, 0.2) is 0 Å². The number of nitrogens with zero attached hydrogens (tertiary/aromatic N) is 1. The first kappa shape index (κ1) is 15.1. The molecular weight excluding hydrogens is 256 g/mol. The van der Waals surface area contributed by atoms with Gasteiger partial charge in [0.25, 0.3) is 0 Å². The van der Waals surface area contributed by atoms with Crippen molar-refractivity contribution in [3.63, 3.8) is 0 Å². The molecule has 0 heterocycles. The van der Waals surface area contributed by atoms with E-state index in [4.69, 9.17) is 5.26 Å². The van der Waals surface area contributed by atoms with Crippen LogP contribution in [0.3, 0.4) is 0 Å². The van der Waals surface area contributed by atoms with Crippen molar-refractivity contribution in [2.45, 2.75) is 39.2 Å². The van der Waals surface area contributed by atoms with E-state index in [0.29, 0.717) is 6.42 Å². The second-order valence-corrected chi connectivity index (χ2v) is 6.33. The molecule has 21 heavy (non-hydrogen) atoms. The average Bonchev–Trinajstić information content (AvgIpc) is 2.46. The quantitative estimate of drug-likeness (QED) is 0.882. The van der Waals surface area contributed by atoms with Gasteiger partial charge in [0.05, 0.1) is 12.5 Å². The minimum absolute atomic E-state index is 0.197. The van der Waals surface area contributed by atoms with Crippen molar-refractivity contribution < 1.29 is 0 Å². The third kappa shape index (κ3) is 4.36. The normalized spacial score (nSPS) is 11.0. The van der Waals surface area contributed by atoms with E-state index in [1.807, 2.05) is 24.3 Å². The highest BCUT2D eigenvalue weighted by Crippen LogP contribution is 2.22. The van der Waals surface area contributed by atoms with Gasteiger partial charge >= 0.3 is 0 Å². The van der Waals surface area contributed by atoms with Gasteiger partial charge in [0.2, 0.25) is 0 Å². The van der Waals surface area contributed by atoms with Crippen molar-refractivity contribution in [2.75, 3.05) is 5.32 Å². The molecule has 108 valence electrons. The smallest absolute Gasteiger partial charge is 0.0669 e. The van der Waals surface area contributed by atoms with E-state index in [-0.39, 0.29) is 5.41 Å². The molecule has 0 atom stereocenters. The lowest BCUT2D eigenvalue weighted by molar-refractivity contribution is 0.590. The van der Waals surface area contributed by atoms with Crippen LogP contribution >= 0.6 is 0 Å².